The van der Waals surface area contributed by atoms with Gasteiger partial charge in [-0.3, -0.25) is 13.9 Å². The summed E-state index contributed by atoms with van der Waals surface area (Å²) in [6.45, 7) is 1.48. The van der Waals surface area contributed by atoms with E-state index >= 15 is 0 Å². The third-order valence-electron chi connectivity index (χ3n) is 4.38. The molecule has 1 atom stereocenters. The van der Waals surface area contributed by atoms with Crippen LogP contribution < -0.4 is 19.7 Å². The van der Waals surface area contributed by atoms with Crippen molar-refractivity contribution < 1.29 is 22.7 Å². The van der Waals surface area contributed by atoms with Gasteiger partial charge in [0.15, 0.2) is 0 Å². The van der Waals surface area contributed by atoms with Gasteiger partial charge in [-0.25, -0.2) is 8.42 Å². The Morgan fingerprint density at radius 2 is 1.63 bits per heavy atom. The highest BCUT2D eigenvalue weighted by molar-refractivity contribution is 7.92. The zero-order chi connectivity index (χ0) is 19.8. The molecule has 2 aromatic carbocycles. The minimum atomic E-state index is -3.93. The van der Waals surface area contributed by atoms with Crippen LogP contribution in [0.3, 0.4) is 0 Å². The minimum Gasteiger partial charge on any atom is -0.495 e. The number of nitrogens with one attached hydrogen (secondary N) is 2. The highest BCUT2D eigenvalue weighted by Crippen LogP contribution is 2.34. The van der Waals surface area contributed by atoms with Crippen molar-refractivity contribution in [3.05, 3.63) is 42.5 Å². The first-order chi connectivity index (χ1) is 12.8. The standard InChI is InChI=1S/C18H19N3O5S/c1-11-17(22)19-13-9-8-12(10-14(13)20-18(11)23)27(24,25)21(2)15-6-4-5-7-16(15)26-3/h4-11H,1-3H3,(H,19,22)(H,20,23)/t11-/m0/s1. The zero-order valence-corrected chi connectivity index (χ0v) is 15.8. The van der Waals surface area contributed by atoms with Gasteiger partial charge in [-0.1, -0.05) is 12.1 Å². The Labute approximate surface area is 157 Å². The van der Waals surface area contributed by atoms with Crippen molar-refractivity contribution in [1.29, 1.82) is 0 Å². The maximum absolute atomic E-state index is 13.1. The SMILES string of the molecule is COc1ccccc1N(C)S(=O)(=O)c1ccc2c(c1)NC(=O)[C@@H](C)C(=O)N2. The number of nitrogens with zero attached hydrogens (tertiary/aromatic N) is 1. The van der Waals surface area contributed by atoms with Crippen LogP contribution in [0.15, 0.2) is 47.4 Å². The van der Waals surface area contributed by atoms with E-state index < -0.39 is 27.8 Å². The largest absolute Gasteiger partial charge is 0.495 e. The van der Waals surface area contributed by atoms with Gasteiger partial charge in [0.2, 0.25) is 11.8 Å². The number of ether oxygens (including phenoxy) is 1. The molecule has 0 aromatic heterocycles. The minimum absolute atomic E-state index is 0.0289. The second kappa shape index (κ2) is 6.92. The molecule has 9 heteroatoms. The average Bonchev–Trinajstić information content (AvgIpc) is 2.77. The molecule has 2 aromatic rings. The van der Waals surface area contributed by atoms with E-state index in [2.05, 4.69) is 10.6 Å². The Kier molecular flexibility index (Phi) is 4.79. The lowest BCUT2D eigenvalue weighted by atomic mass is 10.1. The van der Waals surface area contributed by atoms with Gasteiger partial charge in [-0.15, -0.1) is 0 Å². The molecule has 1 aliphatic rings. The topological polar surface area (TPSA) is 105 Å². The summed E-state index contributed by atoms with van der Waals surface area (Å²) in [5, 5.41) is 5.20. The third kappa shape index (κ3) is 3.33. The Balaban J connectivity index is 2.03. The van der Waals surface area contributed by atoms with Crippen molar-refractivity contribution in [2.24, 2.45) is 5.92 Å². The molecule has 1 aliphatic heterocycles. The van der Waals surface area contributed by atoms with E-state index in [-0.39, 0.29) is 10.6 Å². The number of amides is 2. The molecule has 0 saturated carbocycles. The highest BCUT2D eigenvalue weighted by Gasteiger charge is 2.29. The molecular weight excluding hydrogens is 370 g/mol. The molecule has 0 radical (unpaired) electrons. The van der Waals surface area contributed by atoms with Gasteiger partial charge in [0.1, 0.15) is 11.7 Å². The van der Waals surface area contributed by atoms with E-state index in [4.69, 9.17) is 4.74 Å². The smallest absolute Gasteiger partial charge is 0.264 e. The number of para-hydroxylation sites is 2. The number of benzene rings is 2. The molecule has 8 nitrogen and oxygen atoms in total. The molecule has 142 valence electrons. The summed E-state index contributed by atoms with van der Waals surface area (Å²) in [6.07, 6.45) is 0. The summed E-state index contributed by atoms with van der Waals surface area (Å²) >= 11 is 0. The van der Waals surface area contributed by atoms with Gasteiger partial charge in [0.05, 0.1) is 29.1 Å². The lowest BCUT2D eigenvalue weighted by Crippen LogP contribution is -2.28. The number of anilines is 3. The second-order valence-electron chi connectivity index (χ2n) is 6.05. The van der Waals surface area contributed by atoms with E-state index in [1.54, 1.807) is 24.3 Å². The van der Waals surface area contributed by atoms with Crippen molar-refractivity contribution in [3.8, 4) is 5.75 Å². The van der Waals surface area contributed by atoms with Gasteiger partial charge in [0.25, 0.3) is 10.0 Å². The van der Waals surface area contributed by atoms with Crippen molar-refractivity contribution >= 4 is 38.9 Å². The van der Waals surface area contributed by atoms with Gasteiger partial charge < -0.3 is 15.4 Å². The summed E-state index contributed by atoms with van der Waals surface area (Å²) in [7, 11) is -1.05. The molecule has 0 saturated heterocycles. The number of carbonyl (C=O) groups excluding carboxylic acids is 2. The van der Waals surface area contributed by atoms with Crippen LogP contribution in [0.4, 0.5) is 17.1 Å². The third-order valence-corrected chi connectivity index (χ3v) is 6.14. The molecule has 2 N–H and O–H groups in total. The number of fused-ring (bicyclic) bond motifs is 1. The molecule has 0 spiro atoms. The Morgan fingerprint density at radius 1 is 1.00 bits per heavy atom. The lowest BCUT2D eigenvalue weighted by molar-refractivity contribution is -0.128. The summed E-state index contributed by atoms with van der Waals surface area (Å²) < 4.78 is 32.4. The number of sulfonamides is 1. The number of carbonyl (C=O) groups is 2. The van der Waals surface area contributed by atoms with Crippen molar-refractivity contribution in [3.63, 3.8) is 0 Å². The fourth-order valence-corrected chi connectivity index (χ4v) is 3.91. The molecule has 1 heterocycles. The molecule has 27 heavy (non-hydrogen) atoms. The number of hydrogen-bond donors (Lipinski definition) is 2. The van der Waals surface area contributed by atoms with Crippen molar-refractivity contribution in [2.45, 2.75) is 11.8 Å². The predicted molar refractivity (Wildman–Crippen MR) is 101 cm³/mol. The Hall–Kier alpha value is -3.07. The van der Waals surface area contributed by atoms with Crippen LogP contribution in [-0.4, -0.2) is 34.4 Å². The van der Waals surface area contributed by atoms with Crippen LogP contribution in [0.25, 0.3) is 0 Å². The van der Waals surface area contributed by atoms with Gasteiger partial charge >= 0.3 is 0 Å². The molecule has 0 fully saturated rings. The maximum atomic E-state index is 13.1. The molecule has 0 unspecified atom stereocenters. The van der Waals surface area contributed by atoms with E-state index in [0.717, 1.165) is 4.31 Å². The number of hydrogen-bond acceptors (Lipinski definition) is 5. The maximum Gasteiger partial charge on any atom is 0.264 e. The normalized spacial score (nSPS) is 16.6. The second-order valence-corrected chi connectivity index (χ2v) is 8.02. The van der Waals surface area contributed by atoms with Crippen LogP contribution in [0.2, 0.25) is 0 Å². The number of rotatable bonds is 4. The fraction of sp³-hybridized carbons (Fsp3) is 0.222. The van der Waals surface area contributed by atoms with Crippen LogP contribution in [0, 0.1) is 5.92 Å². The predicted octanol–water partition coefficient (Wildman–Crippen LogP) is 2.05. The lowest BCUT2D eigenvalue weighted by Gasteiger charge is -2.22. The Bertz CT molecular complexity index is 1020. The summed E-state index contributed by atoms with van der Waals surface area (Å²) in [5.74, 6) is -1.42. The van der Waals surface area contributed by atoms with Crippen molar-refractivity contribution in [1.82, 2.24) is 0 Å². The fourth-order valence-electron chi connectivity index (χ4n) is 2.67. The van der Waals surface area contributed by atoms with Crippen LogP contribution in [0.5, 0.6) is 5.75 Å². The summed E-state index contributed by atoms with van der Waals surface area (Å²) in [4.78, 5) is 23.9. The molecule has 3 rings (SSSR count). The average molecular weight is 389 g/mol. The first-order valence-corrected chi connectivity index (χ1v) is 9.57. The first kappa shape index (κ1) is 18.7. The van der Waals surface area contributed by atoms with E-state index in [1.165, 1.54) is 39.3 Å². The monoisotopic (exact) mass is 389 g/mol. The number of methoxy groups -OCH3 is 1. The Morgan fingerprint density at radius 3 is 2.30 bits per heavy atom. The van der Waals surface area contributed by atoms with Crippen molar-refractivity contribution in [2.75, 3.05) is 29.1 Å². The highest BCUT2D eigenvalue weighted by atomic mass is 32.2. The van der Waals surface area contributed by atoms with Crippen LogP contribution >= 0.6 is 0 Å². The summed E-state index contributed by atoms with van der Waals surface area (Å²) in [5.41, 5.74) is 0.949. The molecule has 0 aliphatic carbocycles. The summed E-state index contributed by atoms with van der Waals surface area (Å²) in [6, 6.07) is 10.9. The van der Waals surface area contributed by atoms with Gasteiger partial charge in [-0.05, 0) is 37.3 Å². The van der Waals surface area contributed by atoms with E-state index in [9.17, 15) is 18.0 Å². The quantitative estimate of drug-likeness (QED) is 0.779. The van der Waals surface area contributed by atoms with E-state index in [1.807, 2.05) is 0 Å². The zero-order valence-electron chi connectivity index (χ0n) is 15.0. The first-order valence-electron chi connectivity index (χ1n) is 8.13. The van der Waals surface area contributed by atoms with Gasteiger partial charge in [-0.2, -0.15) is 0 Å². The molecular formula is C18H19N3O5S. The molecule has 0 bridgehead atoms. The molecule has 2 amide bonds. The van der Waals surface area contributed by atoms with E-state index in [0.29, 0.717) is 17.1 Å². The van der Waals surface area contributed by atoms with Crippen LogP contribution in [0.1, 0.15) is 6.92 Å². The van der Waals surface area contributed by atoms with Gasteiger partial charge in [0, 0.05) is 7.05 Å². The van der Waals surface area contributed by atoms with Crippen LogP contribution in [-0.2, 0) is 19.6 Å².